The molecule has 0 unspecified atom stereocenters. The smallest absolute Gasteiger partial charge is 0.122 e. The molecule has 2 N–H and O–H groups in total. The van der Waals surface area contributed by atoms with Crippen molar-refractivity contribution in [3.8, 4) is 5.75 Å². The molecule has 0 saturated carbocycles. The Morgan fingerprint density at radius 3 is 2.44 bits per heavy atom. The Hall–Kier alpha value is -1.02. The molecule has 0 heterocycles. The summed E-state index contributed by atoms with van der Waals surface area (Å²) in [4.78, 5) is 0. The summed E-state index contributed by atoms with van der Waals surface area (Å²) < 4.78 is 5.78. The molecule has 0 spiro atoms. The Morgan fingerprint density at radius 1 is 1.19 bits per heavy atom. The molecule has 1 aromatic rings. The number of ether oxygens (including phenoxy) is 1. The first-order valence-electron chi connectivity index (χ1n) is 5.97. The van der Waals surface area contributed by atoms with Gasteiger partial charge in [-0.05, 0) is 55.5 Å². The first-order chi connectivity index (χ1) is 7.54. The SMILES string of the molecule is Cc1cc(OCC(C)C)c(C)cc1CCN. The second-order valence-electron chi connectivity index (χ2n) is 4.79. The van der Waals surface area contributed by atoms with Gasteiger partial charge in [0.05, 0.1) is 6.61 Å². The normalized spacial score (nSPS) is 10.9. The standard InChI is InChI=1S/C14H23NO/c1-10(2)9-16-14-8-11(3)13(5-6-15)7-12(14)4/h7-8,10H,5-6,9,15H2,1-4H3. The van der Waals surface area contributed by atoms with Gasteiger partial charge in [-0.25, -0.2) is 0 Å². The quantitative estimate of drug-likeness (QED) is 0.829. The topological polar surface area (TPSA) is 35.2 Å². The van der Waals surface area contributed by atoms with Crippen molar-refractivity contribution in [1.29, 1.82) is 0 Å². The maximum atomic E-state index is 5.78. The zero-order chi connectivity index (χ0) is 12.1. The maximum Gasteiger partial charge on any atom is 0.122 e. The van der Waals surface area contributed by atoms with Gasteiger partial charge in [0, 0.05) is 0 Å². The van der Waals surface area contributed by atoms with E-state index in [0.29, 0.717) is 12.5 Å². The van der Waals surface area contributed by atoms with Crippen molar-refractivity contribution in [2.24, 2.45) is 11.7 Å². The highest BCUT2D eigenvalue weighted by Gasteiger charge is 2.05. The van der Waals surface area contributed by atoms with Gasteiger partial charge in [-0.15, -0.1) is 0 Å². The van der Waals surface area contributed by atoms with Crippen LogP contribution < -0.4 is 10.5 Å². The van der Waals surface area contributed by atoms with Gasteiger partial charge in [0.25, 0.3) is 0 Å². The predicted molar refractivity (Wildman–Crippen MR) is 69.0 cm³/mol. The number of rotatable bonds is 5. The monoisotopic (exact) mass is 221 g/mol. The highest BCUT2D eigenvalue weighted by molar-refractivity contribution is 5.41. The summed E-state index contributed by atoms with van der Waals surface area (Å²) >= 11 is 0. The highest BCUT2D eigenvalue weighted by Crippen LogP contribution is 2.23. The number of benzene rings is 1. The van der Waals surface area contributed by atoms with Gasteiger partial charge in [-0.3, -0.25) is 0 Å². The lowest BCUT2D eigenvalue weighted by Gasteiger charge is -2.14. The van der Waals surface area contributed by atoms with Crippen LogP contribution in [0.3, 0.4) is 0 Å². The van der Waals surface area contributed by atoms with Crippen molar-refractivity contribution in [2.75, 3.05) is 13.2 Å². The average molecular weight is 221 g/mol. The average Bonchev–Trinajstić information content (AvgIpc) is 2.21. The Labute approximate surface area is 98.8 Å². The molecule has 1 aromatic carbocycles. The summed E-state index contributed by atoms with van der Waals surface area (Å²) in [6.07, 6.45) is 0.942. The summed E-state index contributed by atoms with van der Waals surface area (Å²) in [7, 11) is 0. The molecule has 2 nitrogen and oxygen atoms in total. The molecule has 0 fully saturated rings. The number of hydrogen-bond donors (Lipinski definition) is 1. The molecule has 1 rings (SSSR count). The lowest BCUT2D eigenvalue weighted by Crippen LogP contribution is -2.08. The van der Waals surface area contributed by atoms with E-state index in [0.717, 1.165) is 18.8 Å². The van der Waals surface area contributed by atoms with Crippen molar-refractivity contribution in [3.05, 3.63) is 28.8 Å². The van der Waals surface area contributed by atoms with E-state index in [1.165, 1.54) is 16.7 Å². The molecule has 0 aliphatic heterocycles. The summed E-state index contributed by atoms with van der Waals surface area (Å²) in [5.74, 6) is 1.57. The Morgan fingerprint density at radius 2 is 1.88 bits per heavy atom. The van der Waals surface area contributed by atoms with Gasteiger partial charge in [0.2, 0.25) is 0 Å². The lowest BCUT2D eigenvalue weighted by molar-refractivity contribution is 0.269. The number of nitrogens with two attached hydrogens (primary N) is 1. The van der Waals surface area contributed by atoms with Crippen LogP contribution in [0.2, 0.25) is 0 Å². The van der Waals surface area contributed by atoms with Crippen molar-refractivity contribution >= 4 is 0 Å². The van der Waals surface area contributed by atoms with E-state index in [1.807, 2.05) is 0 Å². The fraction of sp³-hybridized carbons (Fsp3) is 0.571. The zero-order valence-electron chi connectivity index (χ0n) is 10.8. The summed E-state index contributed by atoms with van der Waals surface area (Å²) in [5, 5.41) is 0. The van der Waals surface area contributed by atoms with Gasteiger partial charge < -0.3 is 10.5 Å². The first-order valence-corrected chi connectivity index (χ1v) is 5.97. The van der Waals surface area contributed by atoms with Crippen molar-refractivity contribution < 1.29 is 4.74 Å². The lowest BCUT2D eigenvalue weighted by atomic mass is 10.0. The fourth-order valence-corrected chi connectivity index (χ4v) is 1.69. The minimum Gasteiger partial charge on any atom is -0.493 e. The van der Waals surface area contributed by atoms with Gasteiger partial charge >= 0.3 is 0 Å². The molecule has 0 bridgehead atoms. The molecular formula is C14H23NO. The molecule has 0 radical (unpaired) electrons. The summed E-state index contributed by atoms with van der Waals surface area (Å²) in [6, 6.07) is 4.32. The van der Waals surface area contributed by atoms with E-state index in [4.69, 9.17) is 10.5 Å². The van der Waals surface area contributed by atoms with Crippen molar-refractivity contribution in [2.45, 2.75) is 34.1 Å². The molecule has 16 heavy (non-hydrogen) atoms. The van der Waals surface area contributed by atoms with Gasteiger partial charge in [-0.2, -0.15) is 0 Å². The van der Waals surface area contributed by atoms with Crippen LogP contribution in [0.1, 0.15) is 30.5 Å². The minimum absolute atomic E-state index is 0.559. The van der Waals surface area contributed by atoms with E-state index < -0.39 is 0 Å². The van der Waals surface area contributed by atoms with Crippen LogP contribution in [0.25, 0.3) is 0 Å². The number of aryl methyl sites for hydroxylation is 2. The first kappa shape index (κ1) is 13.0. The van der Waals surface area contributed by atoms with E-state index in [2.05, 4.69) is 39.8 Å². The predicted octanol–water partition coefficient (Wildman–Crippen LogP) is 2.84. The highest BCUT2D eigenvalue weighted by atomic mass is 16.5. The van der Waals surface area contributed by atoms with E-state index in [9.17, 15) is 0 Å². The van der Waals surface area contributed by atoms with Gasteiger partial charge in [-0.1, -0.05) is 19.9 Å². The molecular weight excluding hydrogens is 198 g/mol. The second kappa shape index (κ2) is 5.90. The molecule has 2 heteroatoms. The third-order valence-electron chi connectivity index (χ3n) is 2.62. The third-order valence-corrected chi connectivity index (χ3v) is 2.62. The molecule has 0 aliphatic carbocycles. The van der Waals surface area contributed by atoms with E-state index >= 15 is 0 Å². The second-order valence-corrected chi connectivity index (χ2v) is 4.79. The molecule has 0 saturated heterocycles. The minimum atomic E-state index is 0.559. The van der Waals surface area contributed by atoms with Crippen LogP contribution in [-0.2, 0) is 6.42 Å². The van der Waals surface area contributed by atoms with Crippen LogP contribution in [0.5, 0.6) is 5.75 Å². The fourth-order valence-electron chi connectivity index (χ4n) is 1.69. The summed E-state index contributed by atoms with van der Waals surface area (Å²) in [5.41, 5.74) is 9.39. The molecule has 90 valence electrons. The van der Waals surface area contributed by atoms with E-state index in [1.54, 1.807) is 0 Å². The largest absolute Gasteiger partial charge is 0.493 e. The van der Waals surface area contributed by atoms with Gasteiger partial charge in [0.1, 0.15) is 5.75 Å². The van der Waals surface area contributed by atoms with Crippen LogP contribution in [0.15, 0.2) is 12.1 Å². The molecule has 0 aliphatic rings. The molecule has 0 atom stereocenters. The van der Waals surface area contributed by atoms with Crippen molar-refractivity contribution in [3.63, 3.8) is 0 Å². The number of hydrogen-bond acceptors (Lipinski definition) is 2. The van der Waals surface area contributed by atoms with E-state index in [-0.39, 0.29) is 0 Å². The Bertz CT molecular complexity index is 345. The van der Waals surface area contributed by atoms with Crippen molar-refractivity contribution in [1.82, 2.24) is 0 Å². The summed E-state index contributed by atoms with van der Waals surface area (Å²) in [6.45, 7) is 10.0. The molecule has 0 amide bonds. The maximum absolute atomic E-state index is 5.78. The zero-order valence-corrected chi connectivity index (χ0v) is 10.8. The van der Waals surface area contributed by atoms with Crippen LogP contribution in [0, 0.1) is 19.8 Å². The van der Waals surface area contributed by atoms with Crippen LogP contribution in [-0.4, -0.2) is 13.2 Å². The third kappa shape index (κ3) is 3.53. The van der Waals surface area contributed by atoms with Gasteiger partial charge in [0.15, 0.2) is 0 Å². The Balaban J connectivity index is 2.83. The molecule has 0 aromatic heterocycles. The Kier molecular flexibility index (Phi) is 4.81. The van der Waals surface area contributed by atoms with Crippen LogP contribution in [0.4, 0.5) is 0 Å². The van der Waals surface area contributed by atoms with Crippen LogP contribution >= 0.6 is 0 Å².